The van der Waals surface area contributed by atoms with Crippen molar-refractivity contribution in [3.63, 3.8) is 0 Å². The standard InChI is InChI=1S/C19H17F3N4O3S/c1-3-17(27)25-30(28,29)14-8-6-13(7-9-14)26-11-16(19(20,21)22)24-18(26)15-5-4-10-23-12(15)2/h4-11H,3H2,1-2H3,(H,25,27). The first-order valence-electron chi connectivity index (χ1n) is 8.77. The van der Waals surface area contributed by atoms with Crippen LogP contribution in [0.1, 0.15) is 24.7 Å². The number of carbonyl (C=O) groups is 1. The van der Waals surface area contributed by atoms with Gasteiger partial charge in [-0.05, 0) is 43.3 Å². The molecule has 1 aromatic carbocycles. The maximum absolute atomic E-state index is 13.3. The minimum absolute atomic E-state index is 0.0135. The molecule has 0 fully saturated rings. The molecule has 11 heteroatoms. The molecular weight excluding hydrogens is 421 g/mol. The highest BCUT2D eigenvalue weighted by molar-refractivity contribution is 7.90. The van der Waals surface area contributed by atoms with E-state index in [1.165, 1.54) is 42.0 Å². The van der Waals surface area contributed by atoms with Crippen molar-refractivity contribution in [3.05, 3.63) is 60.2 Å². The van der Waals surface area contributed by atoms with E-state index in [1.807, 2.05) is 4.72 Å². The number of hydrogen-bond donors (Lipinski definition) is 1. The summed E-state index contributed by atoms with van der Waals surface area (Å²) in [7, 11) is -4.07. The molecule has 0 aliphatic carbocycles. The number of nitrogens with one attached hydrogen (secondary N) is 1. The molecule has 3 aromatic rings. The van der Waals surface area contributed by atoms with Crippen molar-refractivity contribution >= 4 is 15.9 Å². The van der Waals surface area contributed by atoms with E-state index < -0.39 is 27.8 Å². The molecule has 0 atom stereocenters. The summed E-state index contributed by atoms with van der Waals surface area (Å²) in [6, 6.07) is 8.26. The number of imidazole rings is 1. The van der Waals surface area contributed by atoms with E-state index in [1.54, 1.807) is 19.1 Å². The van der Waals surface area contributed by atoms with Crippen molar-refractivity contribution in [2.45, 2.75) is 31.3 Å². The predicted octanol–water partition coefficient (Wildman–Crippen LogP) is 3.48. The molecule has 1 amide bonds. The number of hydrogen-bond acceptors (Lipinski definition) is 5. The van der Waals surface area contributed by atoms with Crippen molar-refractivity contribution in [1.82, 2.24) is 19.3 Å². The van der Waals surface area contributed by atoms with E-state index >= 15 is 0 Å². The summed E-state index contributed by atoms with van der Waals surface area (Å²) in [5.41, 5.74) is 0.0594. The minimum Gasteiger partial charge on any atom is -0.299 e. The van der Waals surface area contributed by atoms with Gasteiger partial charge in [0.1, 0.15) is 5.82 Å². The molecule has 7 nitrogen and oxygen atoms in total. The Balaban J connectivity index is 2.08. The summed E-state index contributed by atoms with van der Waals surface area (Å²) in [4.78, 5) is 19.0. The van der Waals surface area contributed by atoms with Crippen molar-refractivity contribution in [3.8, 4) is 17.1 Å². The third-order valence-electron chi connectivity index (χ3n) is 4.24. The number of sulfonamides is 1. The highest BCUT2D eigenvalue weighted by Crippen LogP contribution is 2.33. The average molecular weight is 438 g/mol. The molecule has 0 spiro atoms. The summed E-state index contributed by atoms with van der Waals surface area (Å²) in [6.45, 7) is 3.15. The van der Waals surface area contributed by atoms with E-state index in [9.17, 15) is 26.4 Å². The van der Waals surface area contributed by atoms with E-state index in [-0.39, 0.29) is 22.8 Å². The van der Waals surface area contributed by atoms with Crippen molar-refractivity contribution in [1.29, 1.82) is 0 Å². The van der Waals surface area contributed by atoms with Gasteiger partial charge in [-0.15, -0.1) is 0 Å². The Morgan fingerprint density at radius 1 is 1.17 bits per heavy atom. The van der Waals surface area contributed by atoms with Gasteiger partial charge in [0.2, 0.25) is 5.91 Å². The van der Waals surface area contributed by atoms with Crippen molar-refractivity contribution in [2.24, 2.45) is 0 Å². The van der Waals surface area contributed by atoms with Crippen LogP contribution in [0, 0.1) is 6.92 Å². The van der Waals surface area contributed by atoms with Gasteiger partial charge >= 0.3 is 6.18 Å². The molecule has 0 saturated heterocycles. The Labute approximate surface area is 170 Å². The third-order valence-corrected chi connectivity index (χ3v) is 5.63. The van der Waals surface area contributed by atoms with Gasteiger partial charge < -0.3 is 0 Å². The van der Waals surface area contributed by atoms with Gasteiger partial charge in [0, 0.05) is 35.8 Å². The van der Waals surface area contributed by atoms with Crippen LogP contribution in [-0.2, 0) is 21.0 Å². The lowest BCUT2D eigenvalue weighted by molar-refractivity contribution is -0.140. The number of amides is 1. The molecular formula is C19H17F3N4O3S. The van der Waals surface area contributed by atoms with E-state index in [2.05, 4.69) is 9.97 Å². The Kier molecular flexibility index (Phi) is 5.66. The predicted molar refractivity (Wildman–Crippen MR) is 102 cm³/mol. The van der Waals surface area contributed by atoms with Gasteiger partial charge in [-0.25, -0.2) is 18.1 Å². The lowest BCUT2D eigenvalue weighted by Gasteiger charge is -2.11. The zero-order chi connectivity index (χ0) is 22.1. The summed E-state index contributed by atoms with van der Waals surface area (Å²) in [6.07, 6.45) is -2.32. The number of benzene rings is 1. The molecule has 0 radical (unpaired) electrons. The van der Waals surface area contributed by atoms with Gasteiger partial charge in [0.15, 0.2) is 5.69 Å². The second-order valence-corrected chi connectivity index (χ2v) is 8.01. The second kappa shape index (κ2) is 7.90. The van der Waals surface area contributed by atoms with Gasteiger partial charge in [-0.2, -0.15) is 13.2 Å². The maximum Gasteiger partial charge on any atom is 0.434 e. The maximum atomic E-state index is 13.3. The minimum atomic E-state index is -4.66. The van der Waals surface area contributed by atoms with Crippen LogP contribution in [-0.4, -0.2) is 28.9 Å². The summed E-state index contributed by atoms with van der Waals surface area (Å²) in [5, 5.41) is 0. The van der Waals surface area contributed by atoms with Gasteiger partial charge in [0.05, 0.1) is 4.90 Å². The van der Waals surface area contributed by atoms with Gasteiger partial charge in [-0.3, -0.25) is 14.3 Å². The largest absolute Gasteiger partial charge is 0.434 e. The Morgan fingerprint density at radius 3 is 2.40 bits per heavy atom. The fourth-order valence-electron chi connectivity index (χ4n) is 2.69. The normalized spacial score (nSPS) is 12.0. The molecule has 158 valence electrons. The number of aromatic nitrogens is 3. The van der Waals surface area contributed by atoms with Gasteiger partial charge in [0.25, 0.3) is 10.0 Å². The number of aryl methyl sites for hydroxylation is 1. The van der Waals surface area contributed by atoms with E-state index in [0.29, 0.717) is 11.3 Å². The number of alkyl halides is 3. The first-order valence-corrected chi connectivity index (χ1v) is 10.3. The molecule has 1 N–H and O–H groups in total. The van der Waals surface area contributed by atoms with Crippen LogP contribution in [0.5, 0.6) is 0 Å². The zero-order valence-electron chi connectivity index (χ0n) is 15.9. The molecule has 0 unspecified atom stereocenters. The first kappa shape index (κ1) is 21.5. The van der Waals surface area contributed by atoms with Crippen LogP contribution in [0.3, 0.4) is 0 Å². The van der Waals surface area contributed by atoms with Crippen molar-refractivity contribution < 1.29 is 26.4 Å². The summed E-state index contributed by atoms with van der Waals surface area (Å²) >= 11 is 0. The molecule has 0 bridgehead atoms. The number of rotatable bonds is 5. The van der Waals surface area contributed by atoms with E-state index in [4.69, 9.17) is 0 Å². The van der Waals surface area contributed by atoms with Crippen LogP contribution in [0.4, 0.5) is 13.2 Å². The number of pyridine rings is 1. The second-order valence-electron chi connectivity index (χ2n) is 6.33. The molecule has 3 rings (SSSR count). The first-order chi connectivity index (χ1) is 14.0. The van der Waals surface area contributed by atoms with Crippen LogP contribution >= 0.6 is 0 Å². The Bertz CT molecular complexity index is 1190. The molecule has 2 aromatic heterocycles. The summed E-state index contributed by atoms with van der Waals surface area (Å²) < 4.78 is 67.4. The Hall–Kier alpha value is -3.21. The molecule has 2 heterocycles. The topological polar surface area (TPSA) is 94.0 Å². The van der Waals surface area contributed by atoms with Gasteiger partial charge in [-0.1, -0.05) is 6.92 Å². The number of halogens is 3. The fraction of sp³-hybridized carbons (Fsp3) is 0.211. The highest BCUT2D eigenvalue weighted by atomic mass is 32.2. The SMILES string of the molecule is CCC(=O)NS(=O)(=O)c1ccc(-n2cc(C(F)(F)F)nc2-c2cccnc2C)cc1. The van der Waals surface area contributed by atoms with Crippen LogP contribution in [0.2, 0.25) is 0 Å². The number of carbonyl (C=O) groups excluding carboxylic acids is 1. The van der Waals surface area contributed by atoms with Crippen molar-refractivity contribution in [2.75, 3.05) is 0 Å². The number of nitrogens with zero attached hydrogens (tertiary/aromatic N) is 3. The van der Waals surface area contributed by atoms with Crippen LogP contribution in [0.15, 0.2) is 53.7 Å². The average Bonchev–Trinajstić information content (AvgIpc) is 3.13. The van der Waals surface area contributed by atoms with Crippen LogP contribution < -0.4 is 4.72 Å². The monoisotopic (exact) mass is 438 g/mol. The summed E-state index contributed by atoms with van der Waals surface area (Å²) in [5.74, 6) is -0.652. The smallest absolute Gasteiger partial charge is 0.299 e. The lowest BCUT2D eigenvalue weighted by atomic mass is 10.2. The lowest BCUT2D eigenvalue weighted by Crippen LogP contribution is -2.29. The molecule has 30 heavy (non-hydrogen) atoms. The Morgan fingerprint density at radius 2 is 1.83 bits per heavy atom. The molecule has 0 aliphatic heterocycles. The zero-order valence-corrected chi connectivity index (χ0v) is 16.8. The molecule has 0 aliphatic rings. The van der Waals surface area contributed by atoms with Crippen LogP contribution in [0.25, 0.3) is 17.1 Å². The quantitative estimate of drug-likeness (QED) is 0.658. The fourth-order valence-corrected chi connectivity index (χ4v) is 3.75. The highest BCUT2D eigenvalue weighted by Gasteiger charge is 2.35. The molecule has 0 saturated carbocycles. The van der Waals surface area contributed by atoms with E-state index in [0.717, 1.165) is 6.20 Å². The third kappa shape index (κ3) is 4.35.